The Labute approximate surface area is 205 Å². The van der Waals surface area contributed by atoms with E-state index in [0.717, 1.165) is 23.5 Å². The number of pyridine rings is 1. The van der Waals surface area contributed by atoms with E-state index in [4.69, 9.17) is 0 Å². The van der Waals surface area contributed by atoms with Crippen molar-refractivity contribution in [2.75, 3.05) is 37.6 Å². The molecule has 0 bridgehead atoms. The number of aromatic nitrogens is 1. The van der Waals surface area contributed by atoms with Gasteiger partial charge in [0.2, 0.25) is 17.7 Å². The minimum atomic E-state index is -0.579. The van der Waals surface area contributed by atoms with Gasteiger partial charge in [0.1, 0.15) is 11.9 Å². The molecule has 34 heavy (non-hydrogen) atoms. The average Bonchev–Trinajstić information content (AvgIpc) is 3.35. The maximum absolute atomic E-state index is 13.3. The van der Waals surface area contributed by atoms with E-state index >= 15 is 0 Å². The van der Waals surface area contributed by atoms with Gasteiger partial charge in [0.15, 0.2) is 0 Å². The van der Waals surface area contributed by atoms with Gasteiger partial charge in [-0.05, 0) is 66.8 Å². The van der Waals surface area contributed by atoms with E-state index < -0.39 is 6.04 Å². The zero-order valence-corrected chi connectivity index (χ0v) is 20.5. The quantitative estimate of drug-likeness (QED) is 0.378. The van der Waals surface area contributed by atoms with E-state index in [2.05, 4.69) is 27.1 Å². The van der Waals surface area contributed by atoms with E-state index in [-0.39, 0.29) is 24.1 Å². The lowest BCUT2D eigenvalue weighted by Gasteiger charge is -2.37. The summed E-state index contributed by atoms with van der Waals surface area (Å²) in [6.07, 6.45) is 3.45. The fourth-order valence-electron chi connectivity index (χ4n) is 3.92. The van der Waals surface area contributed by atoms with Crippen LogP contribution in [0.15, 0.2) is 47.7 Å². The van der Waals surface area contributed by atoms with Crippen LogP contribution in [0.5, 0.6) is 0 Å². The van der Waals surface area contributed by atoms with Gasteiger partial charge in [-0.1, -0.05) is 12.6 Å². The number of anilines is 1. The molecule has 1 saturated heterocycles. The summed E-state index contributed by atoms with van der Waals surface area (Å²) < 4.78 is 0. The SMILES string of the molecule is C=CC(=O)NCCCCC(NC(=O)Cc1ccsc1)C(=O)N1CCN(c2cccc(C)n2)CC1. The second-order valence-corrected chi connectivity index (χ2v) is 9.15. The van der Waals surface area contributed by atoms with Crippen LogP contribution in [0.25, 0.3) is 0 Å². The Balaban J connectivity index is 1.55. The van der Waals surface area contributed by atoms with Crippen LogP contribution in [0.1, 0.15) is 30.5 Å². The summed E-state index contributed by atoms with van der Waals surface area (Å²) >= 11 is 1.55. The van der Waals surface area contributed by atoms with Gasteiger partial charge in [-0.15, -0.1) is 0 Å². The summed E-state index contributed by atoms with van der Waals surface area (Å²) in [4.78, 5) is 45.9. The predicted molar refractivity (Wildman–Crippen MR) is 135 cm³/mol. The van der Waals surface area contributed by atoms with Crippen molar-refractivity contribution in [1.29, 1.82) is 0 Å². The van der Waals surface area contributed by atoms with Crippen LogP contribution >= 0.6 is 11.3 Å². The zero-order chi connectivity index (χ0) is 24.3. The van der Waals surface area contributed by atoms with Crippen molar-refractivity contribution in [3.05, 3.63) is 58.9 Å². The van der Waals surface area contributed by atoms with Crippen LogP contribution in [-0.2, 0) is 20.8 Å². The number of nitrogens with one attached hydrogen (secondary N) is 2. The van der Waals surface area contributed by atoms with Crippen molar-refractivity contribution in [2.45, 2.75) is 38.6 Å². The Morgan fingerprint density at radius 2 is 1.97 bits per heavy atom. The number of carbonyl (C=O) groups excluding carboxylic acids is 3. The summed E-state index contributed by atoms with van der Waals surface area (Å²) in [6, 6.07) is 7.29. The Kier molecular flexibility index (Phi) is 9.63. The van der Waals surface area contributed by atoms with Gasteiger partial charge in [-0.2, -0.15) is 11.3 Å². The molecule has 1 fully saturated rings. The Hall–Kier alpha value is -3.20. The van der Waals surface area contributed by atoms with Crippen molar-refractivity contribution in [3.63, 3.8) is 0 Å². The number of thiophene rings is 1. The number of carbonyl (C=O) groups is 3. The molecule has 0 saturated carbocycles. The largest absolute Gasteiger partial charge is 0.353 e. The van der Waals surface area contributed by atoms with Crippen molar-refractivity contribution in [1.82, 2.24) is 20.5 Å². The average molecular weight is 484 g/mol. The fraction of sp³-hybridized carbons (Fsp3) is 0.440. The number of amides is 3. The molecule has 2 aromatic rings. The maximum Gasteiger partial charge on any atom is 0.245 e. The van der Waals surface area contributed by atoms with Crippen molar-refractivity contribution < 1.29 is 14.4 Å². The summed E-state index contributed by atoms with van der Waals surface area (Å²) in [7, 11) is 0. The molecular formula is C25H33N5O3S. The molecule has 1 atom stereocenters. The third-order valence-corrected chi connectivity index (χ3v) is 6.50. The number of aryl methyl sites for hydroxylation is 1. The van der Waals surface area contributed by atoms with Crippen LogP contribution in [0.2, 0.25) is 0 Å². The monoisotopic (exact) mass is 483 g/mol. The second-order valence-electron chi connectivity index (χ2n) is 8.37. The third-order valence-electron chi connectivity index (χ3n) is 5.77. The molecule has 3 heterocycles. The standard InChI is InChI=1S/C25H33N5O3S/c1-3-23(31)26-11-5-4-8-21(28-24(32)17-20-10-16-34-18-20)25(33)30-14-12-29(13-15-30)22-9-6-7-19(2)27-22/h3,6-7,9-10,16,18,21H,1,4-5,8,11-15,17H2,2H3,(H,26,31)(H,28,32). The normalized spacial score (nSPS) is 14.4. The number of piperazine rings is 1. The van der Waals surface area contributed by atoms with Crippen LogP contribution in [0, 0.1) is 6.92 Å². The molecule has 1 aliphatic heterocycles. The molecule has 9 heteroatoms. The number of hydrogen-bond acceptors (Lipinski definition) is 6. The van der Waals surface area contributed by atoms with Crippen LogP contribution in [-0.4, -0.2) is 66.4 Å². The first-order chi connectivity index (χ1) is 16.5. The molecule has 1 unspecified atom stereocenters. The third kappa shape index (κ3) is 7.69. The molecule has 3 rings (SSSR count). The number of hydrogen-bond donors (Lipinski definition) is 2. The summed E-state index contributed by atoms with van der Waals surface area (Å²) in [5.74, 6) is 0.511. The van der Waals surface area contributed by atoms with Gasteiger partial charge < -0.3 is 20.4 Å². The van der Waals surface area contributed by atoms with Gasteiger partial charge in [-0.3, -0.25) is 14.4 Å². The summed E-state index contributed by atoms with van der Waals surface area (Å²) in [6.45, 7) is 8.48. The minimum absolute atomic E-state index is 0.0503. The van der Waals surface area contributed by atoms with Crippen molar-refractivity contribution >= 4 is 34.9 Å². The van der Waals surface area contributed by atoms with Crippen LogP contribution in [0.3, 0.4) is 0 Å². The number of rotatable bonds is 11. The smallest absolute Gasteiger partial charge is 0.245 e. The Morgan fingerprint density at radius 1 is 1.18 bits per heavy atom. The molecule has 1 aliphatic rings. The minimum Gasteiger partial charge on any atom is -0.353 e. The van der Waals surface area contributed by atoms with Crippen molar-refractivity contribution in [3.8, 4) is 0 Å². The highest BCUT2D eigenvalue weighted by molar-refractivity contribution is 7.08. The number of nitrogens with zero attached hydrogens (tertiary/aromatic N) is 3. The molecule has 0 spiro atoms. The lowest BCUT2D eigenvalue weighted by Crippen LogP contribution is -2.55. The molecule has 3 amide bonds. The zero-order valence-electron chi connectivity index (χ0n) is 19.7. The van der Waals surface area contributed by atoms with Crippen LogP contribution < -0.4 is 15.5 Å². The molecule has 182 valence electrons. The molecule has 2 aromatic heterocycles. The highest BCUT2D eigenvalue weighted by Gasteiger charge is 2.28. The summed E-state index contributed by atoms with van der Waals surface area (Å²) in [5, 5.41) is 9.58. The van der Waals surface area contributed by atoms with Crippen LogP contribution in [0.4, 0.5) is 5.82 Å². The van der Waals surface area contributed by atoms with E-state index in [1.54, 1.807) is 11.3 Å². The molecule has 2 N–H and O–H groups in total. The molecule has 0 radical (unpaired) electrons. The van der Waals surface area contributed by atoms with Gasteiger partial charge in [0.05, 0.1) is 6.42 Å². The first kappa shape index (κ1) is 25.4. The number of unbranched alkanes of at least 4 members (excludes halogenated alkanes) is 1. The first-order valence-electron chi connectivity index (χ1n) is 11.6. The van der Waals surface area contributed by atoms with E-state index in [0.29, 0.717) is 45.6 Å². The predicted octanol–water partition coefficient (Wildman–Crippen LogP) is 2.30. The van der Waals surface area contributed by atoms with Gasteiger partial charge in [0.25, 0.3) is 0 Å². The highest BCUT2D eigenvalue weighted by Crippen LogP contribution is 2.16. The van der Waals surface area contributed by atoms with E-state index in [1.165, 1.54) is 6.08 Å². The van der Waals surface area contributed by atoms with E-state index in [9.17, 15) is 14.4 Å². The van der Waals surface area contributed by atoms with Gasteiger partial charge in [0, 0.05) is 38.4 Å². The summed E-state index contributed by atoms with van der Waals surface area (Å²) in [5.41, 5.74) is 1.91. The fourth-order valence-corrected chi connectivity index (χ4v) is 4.59. The Morgan fingerprint density at radius 3 is 2.65 bits per heavy atom. The van der Waals surface area contributed by atoms with E-state index in [1.807, 2.05) is 46.8 Å². The first-order valence-corrected chi connectivity index (χ1v) is 12.6. The topological polar surface area (TPSA) is 94.6 Å². The highest BCUT2D eigenvalue weighted by atomic mass is 32.1. The lowest BCUT2D eigenvalue weighted by atomic mass is 10.1. The molecule has 8 nitrogen and oxygen atoms in total. The van der Waals surface area contributed by atoms with Gasteiger partial charge in [-0.25, -0.2) is 4.98 Å². The Bertz CT molecular complexity index is 971. The molecular weight excluding hydrogens is 450 g/mol. The molecule has 0 aliphatic carbocycles. The van der Waals surface area contributed by atoms with Crippen molar-refractivity contribution in [2.24, 2.45) is 0 Å². The van der Waals surface area contributed by atoms with Gasteiger partial charge >= 0.3 is 0 Å². The molecule has 0 aromatic carbocycles. The lowest BCUT2D eigenvalue weighted by molar-refractivity contribution is -0.136. The second kappa shape index (κ2) is 12.9. The maximum atomic E-state index is 13.3.